The van der Waals surface area contributed by atoms with Gasteiger partial charge in [0.05, 0.1) is 13.1 Å². The van der Waals surface area contributed by atoms with Crippen LogP contribution in [0.25, 0.3) is 0 Å². The highest BCUT2D eigenvalue weighted by Gasteiger charge is 2.30. The summed E-state index contributed by atoms with van der Waals surface area (Å²) in [5.41, 5.74) is 1.07. The van der Waals surface area contributed by atoms with Crippen LogP contribution in [0, 0.1) is 0 Å². The molecule has 2 rings (SSSR count). The maximum atomic E-state index is 12.2. The number of carbonyl (C=O) groups excluding carboxylic acids is 3. The Morgan fingerprint density at radius 2 is 2.00 bits per heavy atom. The fraction of sp³-hybridized carbons (Fsp3) is 0.500. The molecule has 1 aliphatic heterocycles. The minimum atomic E-state index is -0.214. The minimum Gasteiger partial charge on any atom is -0.351 e. The molecule has 1 aromatic rings. The number of hydrogen-bond acceptors (Lipinski definition) is 5. The van der Waals surface area contributed by atoms with Crippen LogP contribution >= 0.6 is 11.8 Å². The first-order valence-electron chi connectivity index (χ1n) is 8.62. The largest absolute Gasteiger partial charge is 0.351 e. The second kappa shape index (κ2) is 10.2. The summed E-state index contributed by atoms with van der Waals surface area (Å²) in [6.07, 6.45) is 3.32. The van der Waals surface area contributed by atoms with Crippen molar-refractivity contribution in [2.45, 2.75) is 36.9 Å². The molecular formula is C18H26N4O3S. The van der Waals surface area contributed by atoms with Crippen LogP contribution < -0.4 is 16.0 Å². The molecule has 0 aromatic heterocycles. The standard InChI is InChI=1S/C18H26N4O3S/c1-13-7-15(21-17(24)9-19-12-23)10-22(13)11-18(25)20-8-14-3-5-16(26-2)6-4-14/h3-6,12-13,15H,7-11H2,1-2H3,(H,19,23)(H,20,25)(H,21,24). The Labute approximate surface area is 158 Å². The zero-order chi connectivity index (χ0) is 18.9. The van der Waals surface area contributed by atoms with Crippen molar-refractivity contribution in [1.29, 1.82) is 0 Å². The Hall–Kier alpha value is -2.06. The topological polar surface area (TPSA) is 90.5 Å². The smallest absolute Gasteiger partial charge is 0.239 e. The normalized spacial score (nSPS) is 19.8. The average Bonchev–Trinajstić information content (AvgIpc) is 2.97. The van der Waals surface area contributed by atoms with Gasteiger partial charge in [-0.1, -0.05) is 12.1 Å². The van der Waals surface area contributed by atoms with Gasteiger partial charge in [0.2, 0.25) is 18.2 Å². The van der Waals surface area contributed by atoms with Crippen molar-refractivity contribution in [3.05, 3.63) is 29.8 Å². The third kappa shape index (κ3) is 6.34. The molecule has 0 spiro atoms. The monoisotopic (exact) mass is 378 g/mol. The van der Waals surface area contributed by atoms with Crippen molar-refractivity contribution in [2.75, 3.05) is 25.9 Å². The molecule has 0 radical (unpaired) electrons. The van der Waals surface area contributed by atoms with E-state index < -0.39 is 0 Å². The number of benzene rings is 1. The summed E-state index contributed by atoms with van der Waals surface area (Å²) in [5, 5.41) is 8.17. The Kier molecular flexibility index (Phi) is 7.93. The van der Waals surface area contributed by atoms with E-state index in [9.17, 15) is 14.4 Å². The lowest BCUT2D eigenvalue weighted by Gasteiger charge is -2.20. The molecule has 142 valence electrons. The molecule has 1 saturated heterocycles. The van der Waals surface area contributed by atoms with E-state index in [1.807, 2.05) is 37.4 Å². The highest BCUT2D eigenvalue weighted by Crippen LogP contribution is 2.17. The number of likely N-dealkylation sites (tertiary alicyclic amines) is 1. The van der Waals surface area contributed by atoms with Gasteiger partial charge in [-0.25, -0.2) is 0 Å². The zero-order valence-electron chi connectivity index (χ0n) is 15.2. The fourth-order valence-corrected chi connectivity index (χ4v) is 3.43. The first-order chi connectivity index (χ1) is 12.5. The highest BCUT2D eigenvalue weighted by molar-refractivity contribution is 7.98. The van der Waals surface area contributed by atoms with E-state index in [1.54, 1.807) is 11.8 Å². The number of thioether (sulfide) groups is 1. The van der Waals surface area contributed by atoms with E-state index in [-0.39, 0.29) is 30.4 Å². The van der Waals surface area contributed by atoms with Crippen molar-refractivity contribution in [3.8, 4) is 0 Å². The van der Waals surface area contributed by atoms with Gasteiger partial charge in [-0.3, -0.25) is 19.3 Å². The average molecular weight is 378 g/mol. The summed E-state index contributed by atoms with van der Waals surface area (Å²) in [4.78, 5) is 37.4. The molecule has 2 atom stereocenters. The molecule has 2 unspecified atom stereocenters. The second-order valence-electron chi connectivity index (χ2n) is 6.40. The van der Waals surface area contributed by atoms with Crippen LogP contribution in [0.4, 0.5) is 0 Å². The van der Waals surface area contributed by atoms with Crippen LogP contribution in [0.5, 0.6) is 0 Å². The van der Waals surface area contributed by atoms with Gasteiger partial charge in [0.15, 0.2) is 0 Å². The number of amides is 3. The van der Waals surface area contributed by atoms with Gasteiger partial charge in [-0.05, 0) is 37.3 Å². The summed E-state index contributed by atoms with van der Waals surface area (Å²) < 4.78 is 0. The van der Waals surface area contributed by atoms with Crippen molar-refractivity contribution in [3.63, 3.8) is 0 Å². The van der Waals surface area contributed by atoms with Crippen molar-refractivity contribution in [2.24, 2.45) is 0 Å². The Morgan fingerprint density at radius 3 is 2.65 bits per heavy atom. The van der Waals surface area contributed by atoms with E-state index in [4.69, 9.17) is 0 Å². The van der Waals surface area contributed by atoms with Gasteiger partial charge in [0.25, 0.3) is 0 Å². The van der Waals surface area contributed by atoms with E-state index in [0.717, 1.165) is 12.0 Å². The number of nitrogens with zero attached hydrogens (tertiary/aromatic N) is 1. The molecule has 0 bridgehead atoms. The van der Waals surface area contributed by atoms with Crippen molar-refractivity contribution in [1.82, 2.24) is 20.9 Å². The minimum absolute atomic E-state index is 0.00200. The van der Waals surface area contributed by atoms with Crippen LogP contribution in [0.2, 0.25) is 0 Å². The van der Waals surface area contributed by atoms with E-state index >= 15 is 0 Å². The Balaban J connectivity index is 1.73. The lowest BCUT2D eigenvalue weighted by atomic mass is 10.2. The Bertz CT molecular complexity index is 623. The molecule has 1 fully saturated rings. The van der Waals surface area contributed by atoms with Gasteiger partial charge >= 0.3 is 0 Å². The lowest BCUT2D eigenvalue weighted by molar-refractivity contribution is -0.122. The first kappa shape index (κ1) is 20.3. The fourth-order valence-electron chi connectivity index (χ4n) is 3.02. The van der Waals surface area contributed by atoms with Crippen LogP contribution in [0.15, 0.2) is 29.2 Å². The zero-order valence-corrected chi connectivity index (χ0v) is 16.0. The quantitative estimate of drug-likeness (QED) is 0.426. The van der Waals surface area contributed by atoms with E-state index in [2.05, 4.69) is 20.9 Å². The maximum Gasteiger partial charge on any atom is 0.239 e. The Morgan fingerprint density at radius 1 is 1.27 bits per heavy atom. The molecule has 1 aromatic carbocycles. The summed E-state index contributed by atoms with van der Waals surface area (Å²) in [6, 6.07) is 8.33. The van der Waals surface area contributed by atoms with Crippen LogP contribution in [0.3, 0.4) is 0 Å². The molecule has 7 nitrogen and oxygen atoms in total. The third-order valence-electron chi connectivity index (χ3n) is 4.41. The molecule has 0 saturated carbocycles. The molecule has 3 N–H and O–H groups in total. The number of hydrogen-bond donors (Lipinski definition) is 3. The first-order valence-corrected chi connectivity index (χ1v) is 9.84. The predicted molar refractivity (Wildman–Crippen MR) is 102 cm³/mol. The molecule has 0 aliphatic carbocycles. The van der Waals surface area contributed by atoms with Crippen LogP contribution in [0.1, 0.15) is 18.9 Å². The molecule has 8 heteroatoms. The highest BCUT2D eigenvalue weighted by atomic mass is 32.2. The van der Waals surface area contributed by atoms with Crippen molar-refractivity contribution >= 4 is 30.0 Å². The number of nitrogens with one attached hydrogen (secondary N) is 3. The summed E-state index contributed by atoms with van der Waals surface area (Å²) >= 11 is 1.69. The van der Waals surface area contributed by atoms with Gasteiger partial charge in [-0.2, -0.15) is 0 Å². The molecule has 1 heterocycles. The molecule has 1 aliphatic rings. The second-order valence-corrected chi connectivity index (χ2v) is 7.28. The van der Waals surface area contributed by atoms with Crippen LogP contribution in [-0.4, -0.2) is 61.1 Å². The molecule has 26 heavy (non-hydrogen) atoms. The van der Waals surface area contributed by atoms with Gasteiger partial charge in [-0.15, -0.1) is 11.8 Å². The summed E-state index contributed by atoms with van der Waals surface area (Å²) in [5.74, 6) is -0.241. The van der Waals surface area contributed by atoms with Crippen LogP contribution in [-0.2, 0) is 20.9 Å². The third-order valence-corrected chi connectivity index (χ3v) is 5.15. The van der Waals surface area contributed by atoms with Gasteiger partial charge in [0, 0.05) is 30.1 Å². The predicted octanol–water partition coefficient (Wildman–Crippen LogP) is 0.350. The lowest BCUT2D eigenvalue weighted by Crippen LogP contribution is -2.43. The van der Waals surface area contributed by atoms with Crippen molar-refractivity contribution < 1.29 is 14.4 Å². The van der Waals surface area contributed by atoms with E-state index in [1.165, 1.54) is 4.90 Å². The number of rotatable bonds is 9. The van der Waals surface area contributed by atoms with Gasteiger partial charge < -0.3 is 16.0 Å². The number of carbonyl (C=O) groups is 3. The van der Waals surface area contributed by atoms with E-state index in [0.29, 0.717) is 26.0 Å². The molecular weight excluding hydrogens is 352 g/mol. The SMILES string of the molecule is CSc1ccc(CNC(=O)CN2CC(NC(=O)CNC=O)CC2C)cc1. The summed E-state index contributed by atoms with van der Waals surface area (Å²) in [6.45, 7) is 3.47. The molecule has 3 amide bonds. The summed E-state index contributed by atoms with van der Waals surface area (Å²) in [7, 11) is 0. The van der Waals surface area contributed by atoms with Gasteiger partial charge in [0.1, 0.15) is 0 Å². The maximum absolute atomic E-state index is 12.2.